The van der Waals surface area contributed by atoms with Crippen LogP contribution in [-0.4, -0.2) is 10.9 Å². The quantitative estimate of drug-likeness (QED) is 0.737. The smallest absolute Gasteiger partial charge is 0.163 e. The Morgan fingerprint density at radius 1 is 1.50 bits per heavy atom. The summed E-state index contributed by atoms with van der Waals surface area (Å²) in [5, 5.41) is 9.75. The zero-order valence-corrected chi connectivity index (χ0v) is 8.29. The first-order valence-corrected chi connectivity index (χ1v) is 5.06. The molecule has 1 aliphatic rings. The number of hydrogen-bond donors (Lipinski definition) is 1. The summed E-state index contributed by atoms with van der Waals surface area (Å²) in [4.78, 5) is 11.5. The van der Waals surface area contributed by atoms with Gasteiger partial charge in [0, 0.05) is 12.0 Å². The Balaban J connectivity index is 2.50. The Bertz CT molecular complexity index is 369. The monoisotopic (exact) mass is 190 g/mol. The molecular formula is C12H14O2. The van der Waals surface area contributed by atoms with E-state index < -0.39 is 6.10 Å². The number of aliphatic hydroxyl groups excluding tert-OH is 1. The summed E-state index contributed by atoms with van der Waals surface area (Å²) in [6, 6.07) is 5.77. The van der Waals surface area contributed by atoms with Gasteiger partial charge in [-0.2, -0.15) is 0 Å². The van der Waals surface area contributed by atoms with E-state index >= 15 is 0 Å². The van der Waals surface area contributed by atoms with Gasteiger partial charge in [0.05, 0.1) is 6.10 Å². The van der Waals surface area contributed by atoms with Gasteiger partial charge in [0.2, 0.25) is 0 Å². The molecule has 0 amide bonds. The predicted octanol–water partition coefficient (Wildman–Crippen LogP) is 2.26. The van der Waals surface area contributed by atoms with Crippen LogP contribution >= 0.6 is 0 Å². The number of carbonyl (C=O) groups is 1. The van der Waals surface area contributed by atoms with Gasteiger partial charge in [-0.3, -0.25) is 4.79 Å². The molecule has 1 aliphatic carbocycles. The molecule has 1 atom stereocenters. The molecule has 0 bridgehead atoms. The van der Waals surface area contributed by atoms with Gasteiger partial charge in [0.25, 0.3) is 0 Å². The van der Waals surface area contributed by atoms with Crippen molar-refractivity contribution in [2.24, 2.45) is 0 Å². The van der Waals surface area contributed by atoms with Crippen LogP contribution in [0.1, 0.15) is 47.4 Å². The third kappa shape index (κ3) is 1.46. The standard InChI is InChI=1S/C12H14O2/c1-2-8-3-4-9-10(7-8)12(14)6-5-11(9)13/h3-4,7,12,14H,2,5-6H2,1H3. The zero-order chi connectivity index (χ0) is 10.1. The first-order chi connectivity index (χ1) is 6.72. The number of benzene rings is 1. The van der Waals surface area contributed by atoms with E-state index in [4.69, 9.17) is 0 Å². The van der Waals surface area contributed by atoms with E-state index in [0.29, 0.717) is 18.4 Å². The van der Waals surface area contributed by atoms with Crippen molar-refractivity contribution in [3.05, 3.63) is 34.9 Å². The highest BCUT2D eigenvalue weighted by Gasteiger charge is 2.23. The molecular weight excluding hydrogens is 176 g/mol. The summed E-state index contributed by atoms with van der Waals surface area (Å²) in [7, 11) is 0. The van der Waals surface area contributed by atoms with E-state index in [1.54, 1.807) is 0 Å². The second-order valence-corrected chi connectivity index (χ2v) is 3.75. The molecule has 14 heavy (non-hydrogen) atoms. The van der Waals surface area contributed by atoms with E-state index in [2.05, 4.69) is 6.92 Å². The van der Waals surface area contributed by atoms with Crippen LogP contribution in [0.4, 0.5) is 0 Å². The third-order valence-corrected chi connectivity index (χ3v) is 2.83. The van der Waals surface area contributed by atoms with Crippen LogP contribution in [0.15, 0.2) is 18.2 Å². The lowest BCUT2D eigenvalue weighted by Crippen LogP contribution is -2.15. The lowest BCUT2D eigenvalue weighted by molar-refractivity contribution is 0.0897. The number of rotatable bonds is 1. The van der Waals surface area contributed by atoms with E-state index in [9.17, 15) is 9.90 Å². The number of ketones is 1. The van der Waals surface area contributed by atoms with Crippen LogP contribution < -0.4 is 0 Å². The van der Waals surface area contributed by atoms with Crippen molar-refractivity contribution in [2.45, 2.75) is 32.3 Å². The Labute approximate surface area is 83.6 Å². The number of Topliss-reactive ketones (excluding diaryl/α,β-unsaturated/α-hetero) is 1. The van der Waals surface area contributed by atoms with E-state index in [1.165, 1.54) is 5.56 Å². The van der Waals surface area contributed by atoms with Crippen molar-refractivity contribution in [3.63, 3.8) is 0 Å². The van der Waals surface area contributed by atoms with Crippen molar-refractivity contribution in [3.8, 4) is 0 Å². The molecule has 74 valence electrons. The fourth-order valence-corrected chi connectivity index (χ4v) is 1.92. The van der Waals surface area contributed by atoms with Crippen molar-refractivity contribution in [2.75, 3.05) is 0 Å². The maximum absolute atomic E-state index is 11.5. The summed E-state index contributed by atoms with van der Waals surface area (Å²) in [6.45, 7) is 2.07. The number of fused-ring (bicyclic) bond motifs is 1. The molecule has 0 fully saturated rings. The lowest BCUT2D eigenvalue weighted by Gasteiger charge is -2.20. The van der Waals surface area contributed by atoms with Gasteiger partial charge < -0.3 is 5.11 Å². The van der Waals surface area contributed by atoms with Crippen LogP contribution in [0.5, 0.6) is 0 Å². The second kappa shape index (κ2) is 3.54. The predicted molar refractivity (Wildman–Crippen MR) is 54.3 cm³/mol. The molecule has 0 saturated heterocycles. The van der Waals surface area contributed by atoms with Gasteiger partial charge in [-0.25, -0.2) is 0 Å². The molecule has 2 heteroatoms. The maximum atomic E-state index is 11.5. The van der Waals surface area contributed by atoms with E-state index in [0.717, 1.165) is 12.0 Å². The molecule has 0 aliphatic heterocycles. The summed E-state index contributed by atoms with van der Waals surface area (Å²) < 4.78 is 0. The fraction of sp³-hybridized carbons (Fsp3) is 0.417. The van der Waals surface area contributed by atoms with Crippen molar-refractivity contribution in [1.82, 2.24) is 0 Å². The summed E-state index contributed by atoms with van der Waals surface area (Å²) in [5.41, 5.74) is 2.71. The largest absolute Gasteiger partial charge is 0.388 e. The number of carbonyl (C=O) groups excluding carboxylic acids is 1. The molecule has 2 nitrogen and oxygen atoms in total. The lowest BCUT2D eigenvalue weighted by atomic mass is 9.87. The normalized spacial score (nSPS) is 20.7. The number of hydrogen-bond acceptors (Lipinski definition) is 2. The molecule has 1 unspecified atom stereocenters. The number of aliphatic hydroxyl groups is 1. The minimum Gasteiger partial charge on any atom is -0.388 e. The van der Waals surface area contributed by atoms with Crippen LogP contribution in [0.3, 0.4) is 0 Å². The molecule has 0 saturated carbocycles. The van der Waals surface area contributed by atoms with Gasteiger partial charge in [0.15, 0.2) is 5.78 Å². The molecule has 2 rings (SSSR count). The number of aryl methyl sites for hydroxylation is 1. The second-order valence-electron chi connectivity index (χ2n) is 3.75. The zero-order valence-electron chi connectivity index (χ0n) is 8.29. The van der Waals surface area contributed by atoms with Gasteiger partial charge in [-0.05, 0) is 24.0 Å². The van der Waals surface area contributed by atoms with Crippen molar-refractivity contribution in [1.29, 1.82) is 0 Å². The topological polar surface area (TPSA) is 37.3 Å². The average Bonchev–Trinajstić information content (AvgIpc) is 2.23. The van der Waals surface area contributed by atoms with Crippen molar-refractivity contribution >= 4 is 5.78 Å². The molecule has 0 radical (unpaired) electrons. The maximum Gasteiger partial charge on any atom is 0.163 e. The third-order valence-electron chi connectivity index (χ3n) is 2.83. The minimum absolute atomic E-state index is 0.160. The average molecular weight is 190 g/mol. The minimum atomic E-state index is -0.450. The SMILES string of the molecule is CCc1ccc2c(c1)C(O)CCC2=O. The van der Waals surface area contributed by atoms with Crippen LogP contribution in [0, 0.1) is 0 Å². The molecule has 0 aromatic heterocycles. The fourth-order valence-electron chi connectivity index (χ4n) is 1.92. The highest BCUT2D eigenvalue weighted by molar-refractivity contribution is 5.98. The van der Waals surface area contributed by atoms with Crippen LogP contribution in [0.25, 0.3) is 0 Å². The first kappa shape index (κ1) is 9.41. The van der Waals surface area contributed by atoms with Gasteiger partial charge in [0.1, 0.15) is 0 Å². The summed E-state index contributed by atoms with van der Waals surface area (Å²) >= 11 is 0. The highest BCUT2D eigenvalue weighted by atomic mass is 16.3. The van der Waals surface area contributed by atoms with E-state index in [1.807, 2.05) is 18.2 Å². The first-order valence-electron chi connectivity index (χ1n) is 5.06. The van der Waals surface area contributed by atoms with Gasteiger partial charge in [-0.15, -0.1) is 0 Å². The van der Waals surface area contributed by atoms with Gasteiger partial charge in [-0.1, -0.05) is 25.1 Å². The Morgan fingerprint density at radius 2 is 2.29 bits per heavy atom. The van der Waals surface area contributed by atoms with Crippen LogP contribution in [0.2, 0.25) is 0 Å². The van der Waals surface area contributed by atoms with Crippen LogP contribution in [-0.2, 0) is 6.42 Å². The van der Waals surface area contributed by atoms with Gasteiger partial charge >= 0.3 is 0 Å². The molecule has 1 N–H and O–H groups in total. The molecule has 1 aromatic rings. The molecule has 1 aromatic carbocycles. The summed E-state index contributed by atoms with van der Waals surface area (Å²) in [6.07, 6.45) is 1.53. The summed E-state index contributed by atoms with van der Waals surface area (Å²) in [5.74, 6) is 0.160. The van der Waals surface area contributed by atoms with Crippen molar-refractivity contribution < 1.29 is 9.90 Å². The Hall–Kier alpha value is -1.15. The molecule has 0 heterocycles. The Morgan fingerprint density at radius 3 is 3.00 bits per heavy atom. The highest BCUT2D eigenvalue weighted by Crippen LogP contribution is 2.30. The Kier molecular flexibility index (Phi) is 2.38. The van der Waals surface area contributed by atoms with E-state index in [-0.39, 0.29) is 5.78 Å². The molecule has 0 spiro atoms.